The zero-order valence-electron chi connectivity index (χ0n) is 7.53. The second-order valence-corrected chi connectivity index (χ2v) is 4.30. The summed E-state index contributed by atoms with van der Waals surface area (Å²) in [7, 11) is 0. The van der Waals surface area contributed by atoms with Crippen LogP contribution in [-0.2, 0) is 19.0 Å². The van der Waals surface area contributed by atoms with Crippen LogP contribution in [0.3, 0.4) is 0 Å². The van der Waals surface area contributed by atoms with E-state index >= 15 is 0 Å². The second kappa shape index (κ2) is 7.03. The topological polar surface area (TPSA) is 37.8 Å². The van der Waals surface area contributed by atoms with Gasteiger partial charge >= 0.3 is 29.6 Å². The van der Waals surface area contributed by atoms with Gasteiger partial charge in [-0.25, -0.2) is 0 Å². The molecule has 3 nitrogen and oxygen atoms in total. The first-order chi connectivity index (χ1) is 5.72. The van der Waals surface area contributed by atoms with Crippen LogP contribution in [0.5, 0.6) is 0 Å². The van der Waals surface area contributed by atoms with Gasteiger partial charge < -0.3 is 30.2 Å². The summed E-state index contributed by atoms with van der Waals surface area (Å²) in [5.74, 6) is 0. The Morgan fingerprint density at radius 2 is 2.31 bits per heavy atom. The van der Waals surface area contributed by atoms with Crippen molar-refractivity contribution >= 4 is 45.6 Å². The molecule has 1 N–H and O–H groups in total. The van der Waals surface area contributed by atoms with Gasteiger partial charge in [0.05, 0.1) is 0 Å². The standard InChI is InChI=1S/C6H9N3S3.Na/c1-2-3-4-8-9-5(12-4)7-6(10)11;/h2-3H2,1H3,(H2,7,9,10,11);/q;+1/p-1. The van der Waals surface area contributed by atoms with Crippen molar-refractivity contribution in [2.24, 2.45) is 0 Å². The first kappa shape index (κ1) is 13.7. The normalized spacial score (nSPS) is 9.00. The molecule has 0 unspecified atom stereocenters. The van der Waals surface area contributed by atoms with E-state index in [1.165, 1.54) is 11.3 Å². The van der Waals surface area contributed by atoms with Crippen LogP contribution in [0, 0.1) is 0 Å². The number of aromatic nitrogens is 2. The smallest absolute Gasteiger partial charge is 0.411 e. The molecule has 1 heterocycles. The number of hydrogen-bond donors (Lipinski definition) is 1. The molecule has 0 atom stereocenters. The Kier molecular flexibility index (Phi) is 7.39. The van der Waals surface area contributed by atoms with E-state index in [4.69, 9.17) is 24.8 Å². The Hall–Kier alpha value is 0.670. The molecular weight excluding hydrogens is 233 g/mol. The summed E-state index contributed by atoms with van der Waals surface area (Å²) in [6.07, 6.45) is 2.04. The molecule has 0 aliphatic heterocycles. The van der Waals surface area contributed by atoms with Crippen LogP contribution in [0.4, 0.5) is 5.13 Å². The first-order valence-electron chi connectivity index (χ1n) is 3.52. The summed E-state index contributed by atoms with van der Waals surface area (Å²) in [6, 6.07) is 0. The van der Waals surface area contributed by atoms with Crippen molar-refractivity contribution < 1.29 is 29.6 Å². The van der Waals surface area contributed by atoms with Gasteiger partial charge in [-0.05, 0) is 6.42 Å². The molecule has 1 aromatic heterocycles. The third-order valence-electron chi connectivity index (χ3n) is 1.14. The van der Waals surface area contributed by atoms with Gasteiger partial charge in [0, 0.05) is 6.42 Å². The number of aryl methyl sites for hydroxylation is 1. The maximum Gasteiger partial charge on any atom is 1.00 e. The van der Waals surface area contributed by atoms with Crippen molar-refractivity contribution in [2.45, 2.75) is 19.8 Å². The van der Waals surface area contributed by atoms with Crippen LogP contribution in [0.15, 0.2) is 0 Å². The van der Waals surface area contributed by atoms with Crippen LogP contribution >= 0.6 is 23.6 Å². The Labute approximate surface area is 114 Å². The molecule has 0 amide bonds. The molecule has 13 heavy (non-hydrogen) atoms. The Balaban J connectivity index is 0.00000144. The summed E-state index contributed by atoms with van der Waals surface area (Å²) >= 11 is 10.9. The molecule has 0 aliphatic rings. The van der Waals surface area contributed by atoms with E-state index in [0.29, 0.717) is 9.45 Å². The molecule has 0 fully saturated rings. The SMILES string of the molecule is CCCc1nnc(NC(=S)[S-])s1.[Na+]. The van der Waals surface area contributed by atoms with E-state index in [9.17, 15) is 0 Å². The van der Waals surface area contributed by atoms with Gasteiger partial charge in [0.15, 0.2) is 0 Å². The summed E-state index contributed by atoms with van der Waals surface area (Å²) < 4.78 is 0.314. The van der Waals surface area contributed by atoms with Gasteiger partial charge in [-0.1, -0.05) is 22.6 Å². The van der Waals surface area contributed by atoms with Crippen LogP contribution in [0.25, 0.3) is 0 Å². The number of nitrogens with zero attached hydrogens (tertiary/aromatic N) is 2. The molecule has 0 aromatic carbocycles. The van der Waals surface area contributed by atoms with Gasteiger partial charge in [0.1, 0.15) is 5.01 Å². The van der Waals surface area contributed by atoms with Gasteiger partial charge in [0.2, 0.25) is 5.13 Å². The van der Waals surface area contributed by atoms with Gasteiger partial charge in [-0.2, -0.15) is 0 Å². The van der Waals surface area contributed by atoms with Crippen molar-refractivity contribution in [3.8, 4) is 0 Å². The van der Waals surface area contributed by atoms with E-state index < -0.39 is 0 Å². The number of anilines is 1. The second-order valence-electron chi connectivity index (χ2n) is 2.16. The van der Waals surface area contributed by atoms with Crippen molar-refractivity contribution in [1.82, 2.24) is 10.2 Å². The van der Waals surface area contributed by atoms with E-state index in [-0.39, 0.29) is 29.6 Å². The molecule has 1 aromatic rings. The van der Waals surface area contributed by atoms with Crippen molar-refractivity contribution in [3.05, 3.63) is 5.01 Å². The molecule has 0 radical (unpaired) electrons. The van der Waals surface area contributed by atoms with E-state index in [0.717, 1.165) is 17.8 Å². The average molecular weight is 241 g/mol. The maximum atomic E-state index is 4.69. The maximum absolute atomic E-state index is 4.69. The van der Waals surface area contributed by atoms with Crippen LogP contribution < -0.4 is 34.9 Å². The molecule has 0 saturated heterocycles. The zero-order chi connectivity index (χ0) is 8.97. The largest absolute Gasteiger partial charge is 1.00 e. The molecular formula is C6H8N3NaS3. The predicted octanol–water partition coefficient (Wildman–Crippen LogP) is -1.26. The van der Waals surface area contributed by atoms with Crippen molar-refractivity contribution in [1.29, 1.82) is 0 Å². The minimum absolute atomic E-state index is 0. The van der Waals surface area contributed by atoms with E-state index in [2.05, 4.69) is 22.4 Å². The number of rotatable bonds is 3. The molecule has 0 aliphatic carbocycles. The molecule has 0 bridgehead atoms. The zero-order valence-corrected chi connectivity index (χ0v) is 12.0. The quantitative estimate of drug-likeness (QED) is 0.406. The number of thiocarbonyl (C=S) groups is 1. The summed E-state index contributed by atoms with van der Waals surface area (Å²) in [4.78, 5) is 0. The summed E-state index contributed by atoms with van der Waals surface area (Å²) in [5.41, 5.74) is 0. The first-order valence-corrected chi connectivity index (χ1v) is 5.16. The van der Waals surface area contributed by atoms with Crippen LogP contribution in [0.2, 0.25) is 0 Å². The minimum atomic E-state index is 0. The van der Waals surface area contributed by atoms with Gasteiger partial charge in [0.25, 0.3) is 0 Å². The Morgan fingerprint density at radius 3 is 2.85 bits per heavy atom. The molecule has 1 rings (SSSR count). The Morgan fingerprint density at radius 1 is 1.62 bits per heavy atom. The third kappa shape index (κ3) is 5.19. The minimum Gasteiger partial charge on any atom is -0.411 e. The molecule has 0 saturated carbocycles. The fraction of sp³-hybridized carbons (Fsp3) is 0.500. The summed E-state index contributed by atoms with van der Waals surface area (Å²) in [6.45, 7) is 2.10. The van der Waals surface area contributed by atoms with Crippen LogP contribution in [-0.4, -0.2) is 14.5 Å². The van der Waals surface area contributed by atoms with Crippen LogP contribution in [0.1, 0.15) is 18.4 Å². The van der Waals surface area contributed by atoms with Crippen molar-refractivity contribution in [2.75, 3.05) is 5.32 Å². The number of hydrogen-bond acceptors (Lipinski definition) is 5. The fourth-order valence-electron chi connectivity index (χ4n) is 0.706. The molecule has 7 heteroatoms. The van der Waals surface area contributed by atoms with Gasteiger partial charge in [-0.3, -0.25) is 0 Å². The van der Waals surface area contributed by atoms with E-state index in [1.807, 2.05) is 0 Å². The molecule has 0 spiro atoms. The van der Waals surface area contributed by atoms with E-state index in [1.54, 1.807) is 0 Å². The van der Waals surface area contributed by atoms with Gasteiger partial charge in [-0.15, -0.1) is 10.2 Å². The number of nitrogens with one attached hydrogen (secondary N) is 1. The monoisotopic (exact) mass is 241 g/mol. The summed E-state index contributed by atoms with van der Waals surface area (Å²) in [5, 5.41) is 12.3. The third-order valence-corrected chi connectivity index (χ3v) is 2.24. The fourth-order valence-corrected chi connectivity index (χ4v) is 1.87. The Bertz CT molecular complexity index is 276. The van der Waals surface area contributed by atoms with Crippen molar-refractivity contribution in [3.63, 3.8) is 0 Å². The predicted molar refractivity (Wildman–Crippen MR) is 57.5 cm³/mol. The average Bonchev–Trinajstić information content (AvgIpc) is 2.36. The molecule has 66 valence electrons.